The van der Waals surface area contributed by atoms with Gasteiger partial charge < -0.3 is 20.1 Å². The summed E-state index contributed by atoms with van der Waals surface area (Å²) < 4.78 is 4.72. The van der Waals surface area contributed by atoms with Gasteiger partial charge in [-0.15, -0.1) is 0 Å². The van der Waals surface area contributed by atoms with Crippen LogP contribution >= 0.6 is 0 Å². The molecule has 0 radical (unpaired) electrons. The van der Waals surface area contributed by atoms with Crippen LogP contribution in [-0.2, 0) is 9.53 Å². The minimum atomic E-state index is -1.14. The second kappa shape index (κ2) is 18.9. The van der Waals surface area contributed by atoms with Crippen molar-refractivity contribution in [3.8, 4) is 0 Å². The molecule has 0 heterocycles. The summed E-state index contributed by atoms with van der Waals surface area (Å²) in [5, 5.41) is 27.4. The van der Waals surface area contributed by atoms with Crippen molar-refractivity contribution in [2.45, 2.75) is 103 Å². The summed E-state index contributed by atoms with van der Waals surface area (Å²) in [4.78, 5) is 11.5. The zero-order valence-corrected chi connectivity index (χ0v) is 16.6. The molecule has 0 aliphatic heterocycles. The minimum Gasteiger partial charge on any atom is -0.461 e. The van der Waals surface area contributed by atoms with E-state index in [1.54, 1.807) is 0 Å². The molecule has 3 N–H and O–H groups in total. The van der Waals surface area contributed by atoms with Crippen LogP contribution in [0.1, 0.15) is 90.4 Å². The number of carbonyl (C=O) groups excluding carboxylic acids is 1. The van der Waals surface area contributed by atoms with Gasteiger partial charge in [-0.25, -0.2) is 4.79 Å². The lowest BCUT2D eigenvalue weighted by atomic mass is 10.1. The second-order valence-corrected chi connectivity index (χ2v) is 7.00. The van der Waals surface area contributed by atoms with Crippen LogP contribution in [0.15, 0.2) is 12.2 Å². The average Bonchev–Trinajstić information content (AvgIpc) is 2.65. The highest BCUT2D eigenvalue weighted by atomic mass is 16.6. The molecular formula is C21H40O5. The van der Waals surface area contributed by atoms with Gasteiger partial charge in [0.1, 0.15) is 12.7 Å². The van der Waals surface area contributed by atoms with Crippen LogP contribution in [0, 0.1) is 0 Å². The lowest BCUT2D eigenvalue weighted by Gasteiger charge is -2.12. The van der Waals surface area contributed by atoms with E-state index in [0.717, 1.165) is 32.1 Å². The Morgan fingerprint density at radius 1 is 0.885 bits per heavy atom. The summed E-state index contributed by atoms with van der Waals surface area (Å²) in [5.41, 5.74) is 0. The lowest BCUT2D eigenvalue weighted by molar-refractivity contribution is -0.157. The first-order chi connectivity index (χ1) is 12.6. The van der Waals surface area contributed by atoms with Crippen LogP contribution < -0.4 is 0 Å². The third kappa shape index (κ3) is 16.6. The van der Waals surface area contributed by atoms with Crippen molar-refractivity contribution in [2.24, 2.45) is 0 Å². The van der Waals surface area contributed by atoms with Crippen molar-refractivity contribution in [1.82, 2.24) is 0 Å². The molecule has 0 aromatic carbocycles. The number of hydrogen-bond acceptors (Lipinski definition) is 5. The predicted octanol–water partition coefficient (Wildman–Crippen LogP) is 3.89. The maximum Gasteiger partial charge on any atom is 0.335 e. The second-order valence-electron chi connectivity index (χ2n) is 7.00. The number of hydrogen-bond donors (Lipinski definition) is 3. The summed E-state index contributed by atoms with van der Waals surface area (Å²) in [7, 11) is 0. The van der Waals surface area contributed by atoms with Crippen LogP contribution in [0.25, 0.3) is 0 Å². The molecule has 5 heteroatoms. The van der Waals surface area contributed by atoms with Crippen molar-refractivity contribution in [1.29, 1.82) is 0 Å². The van der Waals surface area contributed by atoms with Crippen LogP contribution in [0.2, 0.25) is 0 Å². The van der Waals surface area contributed by atoms with Gasteiger partial charge in [0.2, 0.25) is 0 Å². The molecule has 5 nitrogen and oxygen atoms in total. The van der Waals surface area contributed by atoms with E-state index in [4.69, 9.17) is 14.9 Å². The molecule has 154 valence electrons. The third-order valence-electron chi connectivity index (χ3n) is 4.39. The number of unbranched alkanes of at least 4 members (excludes halogenated alkanes) is 10. The molecule has 0 saturated heterocycles. The minimum absolute atomic E-state index is 0.280. The highest BCUT2D eigenvalue weighted by molar-refractivity contribution is 5.74. The standard InChI is InChI=1S/C21H40O5/c1-2-3-4-5-6-7-8-9-10-11-12-13-14-15-16-20(24)21(25)26-18-19(23)17-22/h9-10,19-20,22-24H,2-8,11-18H2,1H3/b10-9-. The van der Waals surface area contributed by atoms with Gasteiger partial charge in [-0.3, -0.25) is 0 Å². The molecular weight excluding hydrogens is 332 g/mol. The molecule has 0 amide bonds. The highest BCUT2D eigenvalue weighted by Gasteiger charge is 2.17. The first-order valence-corrected chi connectivity index (χ1v) is 10.4. The number of aliphatic hydroxyl groups excluding tert-OH is 3. The van der Waals surface area contributed by atoms with Gasteiger partial charge in [-0.2, -0.15) is 0 Å². The molecule has 0 fully saturated rings. The molecule has 26 heavy (non-hydrogen) atoms. The van der Waals surface area contributed by atoms with E-state index in [0.29, 0.717) is 6.42 Å². The molecule has 0 aromatic rings. The van der Waals surface area contributed by atoms with Crippen LogP contribution in [0.5, 0.6) is 0 Å². The Kier molecular flexibility index (Phi) is 18.2. The smallest absolute Gasteiger partial charge is 0.335 e. The molecule has 0 spiro atoms. The molecule has 0 bridgehead atoms. The lowest BCUT2D eigenvalue weighted by Crippen LogP contribution is -2.28. The van der Waals surface area contributed by atoms with E-state index in [-0.39, 0.29) is 6.61 Å². The summed E-state index contributed by atoms with van der Waals surface area (Å²) in [6.07, 6.45) is 17.0. The molecule has 0 saturated carbocycles. The van der Waals surface area contributed by atoms with Crippen LogP contribution in [0.4, 0.5) is 0 Å². The fraction of sp³-hybridized carbons (Fsp3) is 0.857. The molecule has 0 aromatic heterocycles. The van der Waals surface area contributed by atoms with Crippen molar-refractivity contribution < 1.29 is 24.9 Å². The topological polar surface area (TPSA) is 87.0 Å². The van der Waals surface area contributed by atoms with Crippen LogP contribution in [0.3, 0.4) is 0 Å². The Balaban J connectivity index is 3.39. The van der Waals surface area contributed by atoms with Gasteiger partial charge in [0.05, 0.1) is 6.61 Å². The number of rotatable bonds is 18. The molecule has 0 aliphatic rings. The largest absolute Gasteiger partial charge is 0.461 e. The van der Waals surface area contributed by atoms with E-state index >= 15 is 0 Å². The van der Waals surface area contributed by atoms with E-state index < -0.39 is 24.8 Å². The van der Waals surface area contributed by atoms with E-state index in [1.807, 2.05) is 0 Å². The van der Waals surface area contributed by atoms with E-state index in [1.165, 1.54) is 44.9 Å². The predicted molar refractivity (Wildman–Crippen MR) is 105 cm³/mol. The third-order valence-corrected chi connectivity index (χ3v) is 4.39. The summed E-state index contributed by atoms with van der Waals surface area (Å²) in [5.74, 6) is -0.727. The monoisotopic (exact) mass is 372 g/mol. The quantitative estimate of drug-likeness (QED) is 0.193. The summed E-state index contributed by atoms with van der Waals surface area (Å²) >= 11 is 0. The van der Waals surface area contributed by atoms with Gasteiger partial charge >= 0.3 is 5.97 Å². The zero-order valence-electron chi connectivity index (χ0n) is 16.6. The SMILES string of the molecule is CCCCCCCC/C=C\CCCCCCC(O)C(=O)OCC(O)CO. The summed E-state index contributed by atoms with van der Waals surface area (Å²) in [6, 6.07) is 0. The number of ether oxygens (including phenoxy) is 1. The summed E-state index contributed by atoms with van der Waals surface area (Å²) in [6.45, 7) is 1.50. The maximum atomic E-state index is 11.5. The Bertz CT molecular complexity index is 343. The molecule has 2 atom stereocenters. The van der Waals surface area contributed by atoms with Gasteiger partial charge in [-0.05, 0) is 32.1 Å². The van der Waals surface area contributed by atoms with Crippen molar-refractivity contribution in [2.75, 3.05) is 13.2 Å². The van der Waals surface area contributed by atoms with Crippen molar-refractivity contribution in [3.05, 3.63) is 12.2 Å². The number of esters is 1. The average molecular weight is 373 g/mol. The van der Waals surface area contributed by atoms with Crippen LogP contribution in [-0.4, -0.2) is 46.7 Å². The zero-order chi connectivity index (χ0) is 19.5. The Morgan fingerprint density at radius 3 is 2.00 bits per heavy atom. The molecule has 0 rings (SSSR count). The van der Waals surface area contributed by atoms with Crippen molar-refractivity contribution >= 4 is 5.97 Å². The van der Waals surface area contributed by atoms with Gasteiger partial charge in [-0.1, -0.05) is 70.4 Å². The van der Waals surface area contributed by atoms with E-state index in [2.05, 4.69) is 19.1 Å². The Labute approximate surface area is 159 Å². The number of allylic oxidation sites excluding steroid dienone is 2. The Morgan fingerprint density at radius 2 is 1.42 bits per heavy atom. The van der Waals surface area contributed by atoms with E-state index in [9.17, 15) is 9.90 Å². The number of carbonyl (C=O) groups is 1. The van der Waals surface area contributed by atoms with Crippen molar-refractivity contribution in [3.63, 3.8) is 0 Å². The first-order valence-electron chi connectivity index (χ1n) is 10.4. The maximum absolute atomic E-state index is 11.5. The van der Waals surface area contributed by atoms with Gasteiger partial charge in [0, 0.05) is 0 Å². The first kappa shape index (κ1) is 25.1. The Hall–Kier alpha value is -0.910. The van der Waals surface area contributed by atoms with Gasteiger partial charge in [0.15, 0.2) is 6.10 Å². The molecule has 2 unspecified atom stereocenters. The van der Waals surface area contributed by atoms with Gasteiger partial charge in [0.25, 0.3) is 0 Å². The fourth-order valence-corrected chi connectivity index (χ4v) is 2.68. The molecule has 0 aliphatic carbocycles. The number of aliphatic hydroxyl groups is 3. The normalized spacial score (nSPS) is 13.8. The highest BCUT2D eigenvalue weighted by Crippen LogP contribution is 2.10. The fourth-order valence-electron chi connectivity index (χ4n) is 2.68.